The minimum Gasteiger partial charge on any atom is -0.496 e. The van der Waals surface area contributed by atoms with Crippen LogP contribution < -0.4 is 15.4 Å². The Hall–Kier alpha value is -2.32. The van der Waals surface area contributed by atoms with Gasteiger partial charge in [-0.3, -0.25) is 4.79 Å². The van der Waals surface area contributed by atoms with E-state index in [9.17, 15) is 19.8 Å². The van der Waals surface area contributed by atoms with E-state index in [-0.39, 0.29) is 36.2 Å². The monoisotopic (exact) mass is 476 g/mol. The molecule has 190 valence electrons. The van der Waals surface area contributed by atoms with Crippen LogP contribution in [0.4, 0.5) is 4.79 Å². The second kappa shape index (κ2) is 11.0. The van der Waals surface area contributed by atoms with E-state index in [4.69, 9.17) is 9.47 Å². The molecule has 2 aliphatic carbocycles. The molecule has 2 aliphatic rings. The molecule has 6 atom stereocenters. The molecule has 8 heteroatoms. The number of rotatable bonds is 8. The molecule has 2 fully saturated rings. The molecule has 1 aromatic carbocycles. The van der Waals surface area contributed by atoms with Crippen LogP contribution in [0.3, 0.4) is 0 Å². The summed E-state index contributed by atoms with van der Waals surface area (Å²) < 4.78 is 11.1. The summed E-state index contributed by atoms with van der Waals surface area (Å²) in [5.74, 6) is 0.355. The number of amides is 2. The van der Waals surface area contributed by atoms with Crippen molar-refractivity contribution in [3.63, 3.8) is 0 Å². The van der Waals surface area contributed by atoms with Crippen LogP contribution in [0, 0.1) is 22.7 Å². The van der Waals surface area contributed by atoms with E-state index in [1.165, 1.54) is 0 Å². The van der Waals surface area contributed by atoms with E-state index in [1.54, 1.807) is 7.11 Å². The van der Waals surface area contributed by atoms with Gasteiger partial charge >= 0.3 is 6.09 Å². The SMILES string of the molecule is CCNC(=O)OC1CCC2(C)C(CC(=O)NCc3ccccc3OC)C(O)CCC2C1(C)CO. The fourth-order valence-electron chi connectivity index (χ4n) is 6.41. The molecule has 4 N–H and O–H groups in total. The first-order valence-electron chi connectivity index (χ1n) is 12.3. The van der Waals surface area contributed by atoms with E-state index in [1.807, 2.05) is 38.1 Å². The van der Waals surface area contributed by atoms with Crippen molar-refractivity contribution in [2.45, 2.75) is 71.6 Å². The predicted octanol–water partition coefficient (Wildman–Crippen LogP) is 3.00. The summed E-state index contributed by atoms with van der Waals surface area (Å²) in [7, 11) is 1.60. The molecule has 6 unspecified atom stereocenters. The number of aliphatic hydroxyl groups excluding tert-OH is 2. The van der Waals surface area contributed by atoms with Gasteiger partial charge in [-0.25, -0.2) is 4.79 Å². The van der Waals surface area contributed by atoms with Gasteiger partial charge in [0.1, 0.15) is 11.9 Å². The van der Waals surface area contributed by atoms with Crippen LogP contribution in [0.25, 0.3) is 0 Å². The molecular weight excluding hydrogens is 436 g/mol. The zero-order valence-electron chi connectivity index (χ0n) is 20.8. The van der Waals surface area contributed by atoms with Crippen LogP contribution in [0.15, 0.2) is 24.3 Å². The number of fused-ring (bicyclic) bond motifs is 1. The highest BCUT2D eigenvalue weighted by molar-refractivity contribution is 5.76. The Kier molecular flexibility index (Phi) is 8.47. The van der Waals surface area contributed by atoms with Crippen molar-refractivity contribution >= 4 is 12.0 Å². The molecule has 1 aromatic rings. The Labute approximate surface area is 202 Å². The Morgan fingerprint density at radius 3 is 2.56 bits per heavy atom. The molecule has 2 amide bonds. The average molecular weight is 477 g/mol. The number of ether oxygens (including phenoxy) is 2. The second-order valence-electron chi connectivity index (χ2n) is 10.2. The molecule has 0 aromatic heterocycles. The van der Waals surface area contributed by atoms with Crippen molar-refractivity contribution in [1.82, 2.24) is 10.6 Å². The summed E-state index contributed by atoms with van der Waals surface area (Å²) in [5.41, 5.74) is -0.120. The third-order valence-electron chi connectivity index (χ3n) is 8.32. The summed E-state index contributed by atoms with van der Waals surface area (Å²) in [6, 6.07) is 7.55. The van der Waals surface area contributed by atoms with Gasteiger partial charge in [-0.2, -0.15) is 0 Å². The van der Waals surface area contributed by atoms with Gasteiger partial charge in [-0.1, -0.05) is 32.0 Å². The van der Waals surface area contributed by atoms with Crippen LogP contribution >= 0.6 is 0 Å². The zero-order chi connectivity index (χ0) is 24.9. The summed E-state index contributed by atoms with van der Waals surface area (Å²) in [6.07, 6.45) is 1.26. The van der Waals surface area contributed by atoms with Crippen LogP contribution in [-0.2, 0) is 16.1 Å². The minimum absolute atomic E-state index is 0.00796. The van der Waals surface area contributed by atoms with Gasteiger partial charge in [0, 0.05) is 30.5 Å². The number of alkyl carbamates (subject to hydrolysis) is 1. The van der Waals surface area contributed by atoms with Crippen LogP contribution in [0.5, 0.6) is 5.75 Å². The van der Waals surface area contributed by atoms with Crippen molar-refractivity contribution in [3.05, 3.63) is 29.8 Å². The van der Waals surface area contributed by atoms with Gasteiger partial charge < -0.3 is 30.3 Å². The first kappa shape index (κ1) is 26.3. The lowest BCUT2D eigenvalue weighted by atomic mass is 9.46. The van der Waals surface area contributed by atoms with E-state index >= 15 is 0 Å². The number of hydrogen-bond acceptors (Lipinski definition) is 6. The zero-order valence-corrected chi connectivity index (χ0v) is 20.8. The Bertz CT molecular complexity index is 863. The number of nitrogens with one attached hydrogen (secondary N) is 2. The molecule has 0 radical (unpaired) electrons. The molecule has 8 nitrogen and oxygen atoms in total. The number of aliphatic hydroxyl groups is 2. The van der Waals surface area contributed by atoms with Crippen molar-refractivity contribution in [2.75, 3.05) is 20.3 Å². The van der Waals surface area contributed by atoms with Crippen LogP contribution in [0.1, 0.15) is 58.4 Å². The van der Waals surface area contributed by atoms with Gasteiger partial charge in [-0.05, 0) is 55.9 Å². The van der Waals surface area contributed by atoms with Crippen molar-refractivity contribution < 1.29 is 29.3 Å². The third kappa shape index (κ3) is 5.18. The number of hydrogen-bond donors (Lipinski definition) is 4. The Balaban J connectivity index is 1.74. The van der Waals surface area contributed by atoms with Crippen LogP contribution in [0.2, 0.25) is 0 Å². The molecule has 34 heavy (non-hydrogen) atoms. The van der Waals surface area contributed by atoms with Gasteiger partial charge in [0.15, 0.2) is 0 Å². The molecule has 3 rings (SSSR count). The Morgan fingerprint density at radius 2 is 1.88 bits per heavy atom. The smallest absolute Gasteiger partial charge is 0.407 e. The predicted molar refractivity (Wildman–Crippen MR) is 128 cm³/mol. The maximum Gasteiger partial charge on any atom is 0.407 e. The highest BCUT2D eigenvalue weighted by atomic mass is 16.6. The molecule has 0 saturated heterocycles. The molecule has 0 aliphatic heterocycles. The molecule has 2 saturated carbocycles. The largest absolute Gasteiger partial charge is 0.496 e. The normalized spacial score (nSPS) is 32.9. The first-order valence-corrected chi connectivity index (χ1v) is 12.3. The summed E-state index contributed by atoms with van der Waals surface area (Å²) in [4.78, 5) is 25.1. The summed E-state index contributed by atoms with van der Waals surface area (Å²) >= 11 is 0. The van der Waals surface area contributed by atoms with Gasteiger partial charge in [0.25, 0.3) is 0 Å². The quantitative estimate of drug-likeness (QED) is 0.458. The lowest BCUT2D eigenvalue weighted by Crippen LogP contribution is -2.61. The standard InChI is InChI=1S/C26H40N2O6/c1-5-27-24(32)34-22-12-13-25(2)18(19(30)10-11-21(25)26(22,3)16-29)14-23(31)28-15-17-8-6-7-9-20(17)33-4/h6-9,18-19,21-22,29-30H,5,10-16H2,1-4H3,(H,27,32)(H,28,31). The lowest BCUT2D eigenvalue weighted by molar-refractivity contribution is -0.185. The van der Waals surface area contributed by atoms with E-state index < -0.39 is 23.7 Å². The third-order valence-corrected chi connectivity index (χ3v) is 8.32. The molecular formula is C26H40N2O6. The number of carbonyl (C=O) groups is 2. The topological polar surface area (TPSA) is 117 Å². The Morgan fingerprint density at radius 1 is 1.15 bits per heavy atom. The second-order valence-corrected chi connectivity index (χ2v) is 10.2. The number of para-hydroxylation sites is 1. The lowest BCUT2D eigenvalue weighted by Gasteiger charge is -2.60. The molecule has 0 heterocycles. The highest BCUT2D eigenvalue weighted by Gasteiger charge is 2.60. The maximum absolute atomic E-state index is 13.0. The summed E-state index contributed by atoms with van der Waals surface area (Å²) in [5, 5.41) is 27.1. The fourth-order valence-corrected chi connectivity index (χ4v) is 6.41. The fraction of sp³-hybridized carbons (Fsp3) is 0.692. The number of methoxy groups -OCH3 is 1. The highest BCUT2D eigenvalue weighted by Crippen LogP contribution is 2.61. The van der Waals surface area contributed by atoms with Crippen molar-refractivity contribution in [3.8, 4) is 5.75 Å². The maximum atomic E-state index is 13.0. The van der Waals surface area contributed by atoms with Gasteiger partial charge in [0.05, 0.1) is 19.8 Å². The minimum atomic E-state index is -0.648. The van der Waals surface area contributed by atoms with Crippen molar-refractivity contribution in [1.29, 1.82) is 0 Å². The van der Waals surface area contributed by atoms with E-state index in [0.29, 0.717) is 38.8 Å². The van der Waals surface area contributed by atoms with E-state index in [2.05, 4.69) is 17.6 Å². The van der Waals surface area contributed by atoms with Gasteiger partial charge in [-0.15, -0.1) is 0 Å². The van der Waals surface area contributed by atoms with Gasteiger partial charge in [0.2, 0.25) is 5.91 Å². The molecule has 0 spiro atoms. The number of carbonyl (C=O) groups excluding carboxylic acids is 2. The van der Waals surface area contributed by atoms with Crippen molar-refractivity contribution in [2.24, 2.45) is 22.7 Å². The van der Waals surface area contributed by atoms with Crippen LogP contribution in [-0.4, -0.2) is 54.7 Å². The average Bonchev–Trinajstić information content (AvgIpc) is 2.82. The number of benzene rings is 1. The van der Waals surface area contributed by atoms with E-state index in [0.717, 1.165) is 11.3 Å². The first-order chi connectivity index (χ1) is 16.2. The summed E-state index contributed by atoms with van der Waals surface area (Å²) in [6.45, 7) is 6.62. The molecule has 0 bridgehead atoms.